The molecule has 0 bridgehead atoms. The van der Waals surface area contributed by atoms with Crippen molar-refractivity contribution >= 4 is 33.0 Å². The molecule has 3 aromatic carbocycles. The van der Waals surface area contributed by atoms with Gasteiger partial charge >= 0.3 is 0 Å². The maximum atomic E-state index is 12.7. The molecule has 0 aliphatic heterocycles. The van der Waals surface area contributed by atoms with Crippen LogP contribution in [0.15, 0.2) is 83.8 Å². The average molecular weight is 455 g/mol. The lowest BCUT2D eigenvalue weighted by Crippen LogP contribution is -2.23. The van der Waals surface area contributed by atoms with Crippen molar-refractivity contribution in [3.63, 3.8) is 0 Å². The molecule has 1 N–H and O–H groups in total. The van der Waals surface area contributed by atoms with Gasteiger partial charge in [0.2, 0.25) is 10.0 Å². The van der Waals surface area contributed by atoms with E-state index in [2.05, 4.69) is 9.71 Å². The molecule has 0 radical (unpaired) electrons. The van der Waals surface area contributed by atoms with Gasteiger partial charge in [-0.2, -0.15) is 0 Å². The number of nitrogens with zero attached hydrogens (tertiary/aromatic N) is 1. The lowest BCUT2D eigenvalue weighted by atomic mass is 10.1. The third kappa shape index (κ3) is 4.47. The summed E-state index contributed by atoms with van der Waals surface area (Å²) in [5, 5.41) is 1.40. The van der Waals surface area contributed by atoms with Gasteiger partial charge in [-0.3, -0.25) is 0 Å². The summed E-state index contributed by atoms with van der Waals surface area (Å²) in [7, 11) is -3.63. The van der Waals surface area contributed by atoms with Gasteiger partial charge in [0, 0.05) is 17.0 Å². The van der Waals surface area contributed by atoms with E-state index < -0.39 is 10.0 Å². The van der Waals surface area contributed by atoms with Crippen LogP contribution in [0.5, 0.6) is 0 Å². The van der Waals surface area contributed by atoms with Crippen LogP contribution in [0.25, 0.3) is 21.7 Å². The topological polar surface area (TPSA) is 59.1 Å². The molecule has 4 rings (SSSR count). The van der Waals surface area contributed by atoms with Gasteiger partial charge in [0.25, 0.3) is 0 Å². The minimum Gasteiger partial charge on any atom is -0.241 e. The van der Waals surface area contributed by atoms with Gasteiger partial charge in [0.05, 0.1) is 15.6 Å². The summed E-state index contributed by atoms with van der Waals surface area (Å²) in [4.78, 5) is 5.65. The summed E-state index contributed by atoms with van der Waals surface area (Å²) < 4.78 is 28.2. The zero-order valence-electron chi connectivity index (χ0n) is 16.2. The first-order valence-electron chi connectivity index (χ1n) is 9.30. The van der Waals surface area contributed by atoms with E-state index in [9.17, 15) is 8.42 Å². The van der Waals surface area contributed by atoms with Crippen molar-refractivity contribution in [1.82, 2.24) is 9.71 Å². The zero-order chi connectivity index (χ0) is 21.1. The summed E-state index contributed by atoms with van der Waals surface area (Å²) in [6, 6.07) is 24.2. The van der Waals surface area contributed by atoms with Crippen LogP contribution in [-0.4, -0.2) is 13.4 Å². The number of aromatic nitrogens is 1. The van der Waals surface area contributed by atoms with Crippen molar-refractivity contribution in [3.8, 4) is 21.7 Å². The SMILES string of the molecule is Cc1nc(-c2ccccc2Cl)sc1CNS(=O)(=O)c1ccc(-c2ccccc2)cc1. The number of hydrogen-bond donors (Lipinski definition) is 1. The number of nitrogens with one attached hydrogen (secondary N) is 1. The second-order valence-electron chi connectivity index (χ2n) is 6.72. The minimum atomic E-state index is -3.63. The molecule has 0 saturated carbocycles. The second kappa shape index (κ2) is 8.70. The van der Waals surface area contributed by atoms with Gasteiger partial charge in [-0.1, -0.05) is 72.3 Å². The predicted octanol–water partition coefficient (Wildman–Crippen LogP) is 5.92. The first-order valence-corrected chi connectivity index (χ1v) is 12.0. The monoisotopic (exact) mass is 454 g/mol. The zero-order valence-corrected chi connectivity index (χ0v) is 18.6. The molecule has 0 fully saturated rings. The first kappa shape index (κ1) is 20.8. The van der Waals surface area contributed by atoms with E-state index >= 15 is 0 Å². The highest BCUT2D eigenvalue weighted by Crippen LogP contribution is 2.32. The molecule has 0 saturated heterocycles. The summed E-state index contributed by atoms with van der Waals surface area (Å²) in [6.45, 7) is 2.05. The van der Waals surface area contributed by atoms with Crippen LogP contribution < -0.4 is 4.72 Å². The molecular formula is C23H19ClN2O2S2. The molecule has 0 amide bonds. The summed E-state index contributed by atoms with van der Waals surface area (Å²) in [6.07, 6.45) is 0. The van der Waals surface area contributed by atoms with Crippen molar-refractivity contribution in [2.45, 2.75) is 18.4 Å². The molecule has 0 atom stereocenters. The Morgan fingerprint density at radius 3 is 2.23 bits per heavy atom. The Balaban J connectivity index is 1.50. The number of hydrogen-bond acceptors (Lipinski definition) is 4. The Morgan fingerprint density at radius 1 is 0.900 bits per heavy atom. The molecule has 152 valence electrons. The van der Waals surface area contributed by atoms with Crippen LogP contribution in [-0.2, 0) is 16.6 Å². The smallest absolute Gasteiger partial charge is 0.240 e. The quantitative estimate of drug-likeness (QED) is 0.393. The van der Waals surface area contributed by atoms with Crippen molar-refractivity contribution in [2.24, 2.45) is 0 Å². The number of rotatable bonds is 6. The predicted molar refractivity (Wildman–Crippen MR) is 123 cm³/mol. The molecule has 4 nitrogen and oxygen atoms in total. The standard InChI is InChI=1S/C23H19ClN2O2S2/c1-16-22(29-23(26-16)20-9-5-6-10-21(20)24)15-25-30(27,28)19-13-11-18(12-14-19)17-7-3-2-4-8-17/h2-14,25H,15H2,1H3. The molecule has 1 aromatic heterocycles. The Labute approximate surface area is 185 Å². The van der Waals surface area contributed by atoms with E-state index in [0.29, 0.717) is 5.02 Å². The average Bonchev–Trinajstić information content (AvgIpc) is 3.14. The number of halogens is 1. The number of aryl methyl sites for hydroxylation is 1. The summed E-state index contributed by atoms with van der Waals surface area (Å²) in [5.41, 5.74) is 3.65. The molecule has 0 unspecified atom stereocenters. The third-order valence-electron chi connectivity index (χ3n) is 4.69. The Morgan fingerprint density at radius 2 is 1.53 bits per heavy atom. The van der Waals surface area contributed by atoms with Crippen LogP contribution in [0, 0.1) is 6.92 Å². The summed E-state index contributed by atoms with van der Waals surface area (Å²) >= 11 is 7.70. The molecule has 7 heteroatoms. The second-order valence-corrected chi connectivity index (χ2v) is 9.98. The number of sulfonamides is 1. The van der Waals surface area contributed by atoms with Crippen LogP contribution in [0.4, 0.5) is 0 Å². The fourth-order valence-corrected chi connectivity index (χ4v) is 5.45. The van der Waals surface area contributed by atoms with Gasteiger partial charge in [0.1, 0.15) is 5.01 Å². The molecular weight excluding hydrogens is 436 g/mol. The van der Waals surface area contributed by atoms with E-state index in [-0.39, 0.29) is 11.4 Å². The largest absolute Gasteiger partial charge is 0.241 e. The molecule has 1 heterocycles. The fourth-order valence-electron chi connectivity index (χ4n) is 3.04. The highest BCUT2D eigenvalue weighted by Gasteiger charge is 2.17. The van der Waals surface area contributed by atoms with Gasteiger partial charge in [-0.15, -0.1) is 11.3 Å². The van der Waals surface area contributed by atoms with Gasteiger partial charge in [0.15, 0.2) is 0 Å². The van der Waals surface area contributed by atoms with E-state index in [1.165, 1.54) is 11.3 Å². The van der Waals surface area contributed by atoms with Crippen molar-refractivity contribution in [3.05, 3.63) is 94.5 Å². The molecule has 0 spiro atoms. The van der Waals surface area contributed by atoms with E-state index in [1.54, 1.807) is 12.1 Å². The third-order valence-corrected chi connectivity index (χ3v) is 7.63. The highest BCUT2D eigenvalue weighted by molar-refractivity contribution is 7.89. The van der Waals surface area contributed by atoms with E-state index in [1.807, 2.05) is 73.7 Å². The Kier molecular flexibility index (Phi) is 6.01. The van der Waals surface area contributed by atoms with Gasteiger partial charge < -0.3 is 0 Å². The lowest BCUT2D eigenvalue weighted by Gasteiger charge is -2.07. The molecule has 4 aromatic rings. The fraction of sp³-hybridized carbons (Fsp3) is 0.0870. The molecule has 30 heavy (non-hydrogen) atoms. The van der Waals surface area contributed by atoms with Crippen molar-refractivity contribution in [1.29, 1.82) is 0 Å². The number of benzene rings is 3. The molecule has 0 aliphatic rings. The van der Waals surface area contributed by atoms with Crippen molar-refractivity contribution in [2.75, 3.05) is 0 Å². The Hall–Kier alpha value is -2.51. The summed E-state index contributed by atoms with van der Waals surface area (Å²) in [5.74, 6) is 0. The van der Waals surface area contributed by atoms with E-state index in [4.69, 9.17) is 11.6 Å². The maximum Gasteiger partial charge on any atom is 0.240 e. The van der Waals surface area contributed by atoms with Crippen LogP contribution >= 0.6 is 22.9 Å². The van der Waals surface area contributed by atoms with Crippen LogP contribution in [0.2, 0.25) is 5.02 Å². The van der Waals surface area contributed by atoms with Gasteiger partial charge in [-0.25, -0.2) is 18.1 Å². The van der Waals surface area contributed by atoms with Crippen molar-refractivity contribution < 1.29 is 8.42 Å². The first-order chi connectivity index (χ1) is 14.4. The minimum absolute atomic E-state index is 0.177. The highest BCUT2D eigenvalue weighted by atomic mass is 35.5. The Bertz CT molecular complexity index is 1270. The van der Waals surface area contributed by atoms with E-state index in [0.717, 1.165) is 32.3 Å². The van der Waals surface area contributed by atoms with Gasteiger partial charge in [-0.05, 0) is 36.2 Å². The van der Waals surface area contributed by atoms with Crippen LogP contribution in [0.1, 0.15) is 10.6 Å². The molecule has 0 aliphatic carbocycles. The maximum absolute atomic E-state index is 12.7. The van der Waals surface area contributed by atoms with Crippen LogP contribution in [0.3, 0.4) is 0 Å². The number of thiazole rings is 1. The lowest BCUT2D eigenvalue weighted by molar-refractivity contribution is 0.581. The normalized spacial score (nSPS) is 11.5.